The van der Waals surface area contributed by atoms with Gasteiger partial charge in [-0.2, -0.15) is 0 Å². The van der Waals surface area contributed by atoms with Crippen molar-refractivity contribution in [1.82, 2.24) is 9.88 Å². The molecule has 0 bridgehead atoms. The number of amides is 1. The number of aryl methyl sites for hydroxylation is 1. The molecule has 1 amide bonds. The van der Waals surface area contributed by atoms with Gasteiger partial charge in [-0.1, -0.05) is 24.5 Å². The van der Waals surface area contributed by atoms with Gasteiger partial charge in [-0.15, -0.1) is 0 Å². The molecule has 1 aromatic heterocycles. The standard InChI is InChI=1S/C16H20N2O/c1-4-15(11-12-18(3)13-19)8-6-10-16-9-5-7-14(2)17-16/h5,7-9,13H,4,11-12H2,1-3H3/b15-8-. The molecule has 0 aliphatic heterocycles. The highest BCUT2D eigenvalue weighted by Crippen LogP contribution is 2.06. The summed E-state index contributed by atoms with van der Waals surface area (Å²) < 4.78 is 0. The van der Waals surface area contributed by atoms with Gasteiger partial charge in [0.2, 0.25) is 6.41 Å². The number of carbonyl (C=O) groups is 1. The molecule has 0 N–H and O–H groups in total. The molecule has 0 fully saturated rings. The predicted molar refractivity (Wildman–Crippen MR) is 77.5 cm³/mol. The van der Waals surface area contributed by atoms with E-state index in [4.69, 9.17) is 0 Å². The van der Waals surface area contributed by atoms with E-state index in [0.29, 0.717) is 0 Å². The Bertz CT molecular complexity index is 509. The van der Waals surface area contributed by atoms with Crippen LogP contribution < -0.4 is 0 Å². The molecule has 1 aromatic rings. The lowest BCUT2D eigenvalue weighted by molar-refractivity contribution is -0.116. The van der Waals surface area contributed by atoms with Gasteiger partial charge < -0.3 is 4.90 Å². The van der Waals surface area contributed by atoms with E-state index in [2.05, 4.69) is 23.7 Å². The number of nitrogens with zero attached hydrogens (tertiary/aromatic N) is 2. The Hall–Kier alpha value is -2.08. The molecule has 0 aliphatic carbocycles. The summed E-state index contributed by atoms with van der Waals surface area (Å²) >= 11 is 0. The maximum absolute atomic E-state index is 10.5. The van der Waals surface area contributed by atoms with Crippen LogP contribution in [0.2, 0.25) is 0 Å². The smallest absolute Gasteiger partial charge is 0.209 e. The third-order valence-electron chi connectivity index (χ3n) is 2.78. The zero-order valence-corrected chi connectivity index (χ0v) is 11.8. The molecular weight excluding hydrogens is 236 g/mol. The number of carbonyl (C=O) groups excluding carboxylic acids is 1. The molecule has 3 nitrogen and oxygen atoms in total. The maximum atomic E-state index is 10.5. The second-order valence-electron chi connectivity index (χ2n) is 4.43. The normalized spacial score (nSPS) is 10.6. The number of hydrogen-bond acceptors (Lipinski definition) is 2. The van der Waals surface area contributed by atoms with Crippen LogP contribution in [0, 0.1) is 18.8 Å². The SMILES string of the molecule is CC/C(=C/C#Cc1cccc(C)n1)CCN(C)C=O. The molecule has 1 rings (SSSR count). The van der Waals surface area contributed by atoms with Gasteiger partial charge in [0.15, 0.2) is 0 Å². The molecule has 0 aliphatic rings. The van der Waals surface area contributed by atoms with Gasteiger partial charge >= 0.3 is 0 Å². The fraction of sp³-hybridized carbons (Fsp3) is 0.375. The molecule has 0 aromatic carbocycles. The van der Waals surface area contributed by atoms with E-state index in [-0.39, 0.29) is 0 Å². The van der Waals surface area contributed by atoms with Crippen LogP contribution in [0.25, 0.3) is 0 Å². The van der Waals surface area contributed by atoms with Crippen molar-refractivity contribution in [2.45, 2.75) is 26.7 Å². The Balaban J connectivity index is 2.65. The average Bonchev–Trinajstić information content (AvgIpc) is 2.42. The third kappa shape index (κ3) is 5.87. The first-order chi connectivity index (χ1) is 9.15. The zero-order chi connectivity index (χ0) is 14.1. The lowest BCUT2D eigenvalue weighted by Crippen LogP contribution is -2.17. The Morgan fingerprint density at radius 1 is 1.47 bits per heavy atom. The van der Waals surface area contributed by atoms with Crippen molar-refractivity contribution < 1.29 is 4.79 Å². The number of aromatic nitrogens is 1. The van der Waals surface area contributed by atoms with Gasteiger partial charge in [-0.25, -0.2) is 4.98 Å². The van der Waals surface area contributed by atoms with Gasteiger partial charge in [0.25, 0.3) is 0 Å². The van der Waals surface area contributed by atoms with Crippen LogP contribution in [0.3, 0.4) is 0 Å². The van der Waals surface area contributed by atoms with E-state index >= 15 is 0 Å². The fourth-order valence-corrected chi connectivity index (χ4v) is 1.55. The lowest BCUT2D eigenvalue weighted by atomic mass is 10.1. The van der Waals surface area contributed by atoms with Crippen molar-refractivity contribution >= 4 is 6.41 Å². The highest BCUT2D eigenvalue weighted by molar-refractivity contribution is 5.46. The molecule has 0 saturated heterocycles. The monoisotopic (exact) mass is 256 g/mol. The number of allylic oxidation sites excluding steroid dienone is 1. The minimum atomic E-state index is 0.730. The van der Waals surface area contributed by atoms with Crippen molar-refractivity contribution in [3.05, 3.63) is 41.2 Å². The highest BCUT2D eigenvalue weighted by atomic mass is 16.1. The number of rotatable bonds is 5. The largest absolute Gasteiger partial charge is 0.348 e. The van der Waals surface area contributed by atoms with Crippen molar-refractivity contribution in [3.8, 4) is 11.8 Å². The summed E-state index contributed by atoms with van der Waals surface area (Å²) in [5.74, 6) is 6.07. The van der Waals surface area contributed by atoms with Gasteiger partial charge in [0.05, 0.1) is 0 Å². The average molecular weight is 256 g/mol. The first-order valence-electron chi connectivity index (χ1n) is 6.44. The first-order valence-corrected chi connectivity index (χ1v) is 6.44. The summed E-state index contributed by atoms with van der Waals surface area (Å²) in [4.78, 5) is 16.5. The Kier molecular flexibility index (Phi) is 6.38. The van der Waals surface area contributed by atoms with E-state index in [0.717, 1.165) is 37.2 Å². The molecule has 0 radical (unpaired) electrons. The molecule has 0 unspecified atom stereocenters. The first kappa shape index (κ1) is 15.0. The summed E-state index contributed by atoms with van der Waals surface area (Å²) in [6.45, 7) is 4.78. The molecule has 100 valence electrons. The molecule has 0 saturated carbocycles. The van der Waals surface area contributed by atoms with Crippen molar-refractivity contribution in [2.75, 3.05) is 13.6 Å². The fourth-order valence-electron chi connectivity index (χ4n) is 1.55. The van der Waals surface area contributed by atoms with E-state index < -0.39 is 0 Å². The van der Waals surface area contributed by atoms with Gasteiger partial charge in [-0.3, -0.25) is 4.79 Å². The summed E-state index contributed by atoms with van der Waals surface area (Å²) in [6, 6.07) is 5.81. The Labute approximate surface area is 115 Å². The summed E-state index contributed by atoms with van der Waals surface area (Å²) in [7, 11) is 1.78. The molecule has 0 spiro atoms. The summed E-state index contributed by atoms with van der Waals surface area (Å²) in [5, 5.41) is 0. The van der Waals surface area contributed by atoms with Crippen LogP contribution in [0.5, 0.6) is 0 Å². The van der Waals surface area contributed by atoms with Crippen LogP contribution >= 0.6 is 0 Å². The third-order valence-corrected chi connectivity index (χ3v) is 2.78. The molecule has 3 heteroatoms. The Morgan fingerprint density at radius 3 is 2.89 bits per heavy atom. The predicted octanol–water partition coefficient (Wildman–Crippen LogP) is 2.56. The van der Waals surface area contributed by atoms with Gasteiger partial charge in [-0.05, 0) is 43.9 Å². The summed E-state index contributed by atoms with van der Waals surface area (Å²) in [5.41, 5.74) is 3.00. The van der Waals surface area contributed by atoms with Crippen molar-refractivity contribution in [1.29, 1.82) is 0 Å². The van der Waals surface area contributed by atoms with E-state index in [1.165, 1.54) is 5.57 Å². The van der Waals surface area contributed by atoms with Crippen LogP contribution in [0.15, 0.2) is 29.8 Å². The van der Waals surface area contributed by atoms with Crippen molar-refractivity contribution in [2.24, 2.45) is 0 Å². The van der Waals surface area contributed by atoms with Crippen LogP contribution in [0.1, 0.15) is 31.2 Å². The van der Waals surface area contributed by atoms with Crippen LogP contribution in [-0.2, 0) is 4.79 Å². The molecule has 19 heavy (non-hydrogen) atoms. The lowest BCUT2D eigenvalue weighted by Gasteiger charge is -2.10. The second-order valence-corrected chi connectivity index (χ2v) is 4.43. The minimum absolute atomic E-state index is 0.730. The molecule has 0 atom stereocenters. The van der Waals surface area contributed by atoms with Gasteiger partial charge in [0.1, 0.15) is 5.69 Å². The highest BCUT2D eigenvalue weighted by Gasteiger charge is 1.97. The van der Waals surface area contributed by atoms with E-state index in [1.54, 1.807) is 11.9 Å². The summed E-state index contributed by atoms with van der Waals surface area (Å²) in [6.07, 6.45) is 4.59. The topological polar surface area (TPSA) is 33.2 Å². The Morgan fingerprint density at radius 2 is 2.26 bits per heavy atom. The minimum Gasteiger partial charge on any atom is -0.348 e. The number of pyridine rings is 1. The van der Waals surface area contributed by atoms with Gasteiger partial charge in [0, 0.05) is 19.3 Å². The number of hydrogen-bond donors (Lipinski definition) is 0. The second kappa shape index (κ2) is 8.10. The molecular formula is C16H20N2O. The quantitative estimate of drug-likeness (QED) is 0.599. The zero-order valence-electron chi connectivity index (χ0n) is 11.8. The van der Waals surface area contributed by atoms with Crippen molar-refractivity contribution in [3.63, 3.8) is 0 Å². The molecule has 1 heterocycles. The van der Waals surface area contributed by atoms with E-state index in [1.807, 2.05) is 31.2 Å². The van der Waals surface area contributed by atoms with E-state index in [9.17, 15) is 4.79 Å². The van der Waals surface area contributed by atoms with Crippen LogP contribution in [0.4, 0.5) is 0 Å². The van der Waals surface area contributed by atoms with Crippen LogP contribution in [-0.4, -0.2) is 29.9 Å². The maximum Gasteiger partial charge on any atom is 0.209 e.